The molecule has 0 fully saturated rings. The van der Waals surface area contributed by atoms with Crippen LogP contribution < -0.4 is 5.73 Å². The first-order valence-electron chi connectivity index (χ1n) is 6.89. The second kappa shape index (κ2) is 7.39. The molecule has 1 amide bonds. The highest BCUT2D eigenvalue weighted by atomic mass is 19.1. The lowest BCUT2D eigenvalue weighted by Crippen LogP contribution is -2.38. The monoisotopic (exact) mass is 296 g/mol. The van der Waals surface area contributed by atoms with Crippen molar-refractivity contribution in [3.8, 4) is 12.3 Å². The van der Waals surface area contributed by atoms with Crippen LogP contribution in [0.15, 0.2) is 54.6 Å². The van der Waals surface area contributed by atoms with Gasteiger partial charge in [0, 0.05) is 6.54 Å². The molecule has 0 saturated carbocycles. The molecule has 0 aliphatic heterocycles. The maximum absolute atomic E-state index is 12.9. The van der Waals surface area contributed by atoms with Crippen LogP contribution in [0.1, 0.15) is 17.2 Å². The normalized spacial score (nSPS) is 11.5. The zero-order chi connectivity index (χ0) is 15.9. The minimum Gasteiger partial charge on any atom is -0.326 e. The molecule has 0 bridgehead atoms. The van der Waals surface area contributed by atoms with Gasteiger partial charge in [-0.05, 0) is 23.3 Å². The van der Waals surface area contributed by atoms with Gasteiger partial charge in [0.2, 0.25) is 5.91 Å². The van der Waals surface area contributed by atoms with Gasteiger partial charge in [-0.15, -0.1) is 6.42 Å². The van der Waals surface area contributed by atoms with Crippen molar-refractivity contribution in [2.45, 2.75) is 12.6 Å². The molecule has 0 aliphatic carbocycles. The van der Waals surface area contributed by atoms with E-state index in [1.807, 2.05) is 18.2 Å². The van der Waals surface area contributed by atoms with Gasteiger partial charge in [-0.3, -0.25) is 4.79 Å². The number of amides is 1. The number of carbonyl (C=O) groups excluding carboxylic acids is 1. The van der Waals surface area contributed by atoms with Crippen LogP contribution in [-0.2, 0) is 11.3 Å². The molecular formula is C18H17FN2O. The van der Waals surface area contributed by atoms with Crippen molar-refractivity contribution < 1.29 is 9.18 Å². The summed E-state index contributed by atoms with van der Waals surface area (Å²) in [6.07, 6.45) is 5.34. The number of hydrogen-bond acceptors (Lipinski definition) is 2. The van der Waals surface area contributed by atoms with Gasteiger partial charge in [-0.1, -0.05) is 48.4 Å². The molecule has 2 N–H and O–H groups in total. The summed E-state index contributed by atoms with van der Waals surface area (Å²) in [5.41, 5.74) is 7.55. The van der Waals surface area contributed by atoms with E-state index < -0.39 is 6.04 Å². The van der Waals surface area contributed by atoms with Gasteiger partial charge in [0.05, 0.1) is 6.54 Å². The Kier molecular flexibility index (Phi) is 5.29. The number of halogens is 1. The molecule has 0 spiro atoms. The average molecular weight is 296 g/mol. The van der Waals surface area contributed by atoms with E-state index in [4.69, 9.17) is 12.2 Å². The Morgan fingerprint density at radius 3 is 2.41 bits per heavy atom. The lowest BCUT2D eigenvalue weighted by atomic mass is 10.1. The predicted molar refractivity (Wildman–Crippen MR) is 84.0 cm³/mol. The fourth-order valence-corrected chi connectivity index (χ4v) is 2.13. The third-order valence-electron chi connectivity index (χ3n) is 3.31. The van der Waals surface area contributed by atoms with E-state index in [9.17, 15) is 9.18 Å². The third-order valence-corrected chi connectivity index (χ3v) is 3.31. The Labute approximate surface area is 129 Å². The first-order chi connectivity index (χ1) is 10.6. The first-order valence-corrected chi connectivity index (χ1v) is 6.89. The summed E-state index contributed by atoms with van der Waals surface area (Å²) < 4.78 is 12.9. The molecule has 1 atom stereocenters. The standard InChI is InChI=1S/C18H17FN2O/c1-2-12-21(13-14-8-10-16(19)11-9-14)18(22)17(20)15-6-4-3-5-7-15/h1,3-11,17H,12-13,20H2/t17-/m1/s1. The van der Waals surface area contributed by atoms with Gasteiger partial charge in [0.1, 0.15) is 11.9 Å². The second-order valence-corrected chi connectivity index (χ2v) is 4.91. The Morgan fingerprint density at radius 2 is 1.82 bits per heavy atom. The number of nitrogens with two attached hydrogens (primary N) is 1. The summed E-state index contributed by atoms with van der Waals surface area (Å²) in [6, 6.07) is 14.3. The highest BCUT2D eigenvalue weighted by Gasteiger charge is 2.22. The van der Waals surface area contributed by atoms with Crippen LogP contribution in [0, 0.1) is 18.2 Å². The molecule has 0 unspecified atom stereocenters. The fraction of sp³-hybridized carbons (Fsp3) is 0.167. The zero-order valence-electron chi connectivity index (χ0n) is 12.1. The molecular weight excluding hydrogens is 279 g/mol. The summed E-state index contributed by atoms with van der Waals surface area (Å²) in [5, 5.41) is 0. The van der Waals surface area contributed by atoms with E-state index in [1.54, 1.807) is 24.3 Å². The van der Waals surface area contributed by atoms with Crippen LogP contribution in [-0.4, -0.2) is 17.4 Å². The highest BCUT2D eigenvalue weighted by Crippen LogP contribution is 2.15. The molecule has 0 heterocycles. The average Bonchev–Trinajstić information content (AvgIpc) is 2.56. The van der Waals surface area contributed by atoms with Gasteiger partial charge in [0.25, 0.3) is 0 Å². The molecule has 3 nitrogen and oxygen atoms in total. The van der Waals surface area contributed by atoms with Crippen molar-refractivity contribution in [3.05, 3.63) is 71.5 Å². The number of nitrogens with zero attached hydrogens (tertiary/aromatic N) is 1. The van der Waals surface area contributed by atoms with E-state index in [0.717, 1.165) is 11.1 Å². The smallest absolute Gasteiger partial charge is 0.245 e. The summed E-state index contributed by atoms with van der Waals surface area (Å²) in [4.78, 5) is 14.0. The molecule has 2 aromatic rings. The zero-order valence-corrected chi connectivity index (χ0v) is 12.1. The summed E-state index contributed by atoms with van der Waals surface area (Å²) in [5.74, 6) is 1.89. The SMILES string of the molecule is C#CCN(Cc1ccc(F)cc1)C(=O)[C@H](N)c1ccccc1. The van der Waals surface area contributed by atoms with Crippen molar-refractivity contribution in [2.75, 3.05) is 6.54 Å². The molecule has 0 aromatic heterocycles. The van der Waals surface area contributed by atoms with Crippen LogP contribution in [0.5, 0.6) is 0 Å². The molecule has 4 heteroatoms. The van der Waals surface area contributed by atoms with Gasteiger partial charge >= 0.3 is 0 Å². The van der Waals surface area contributed by atoms with E-state index in [1.165, 1.54) is 17.0 Å². The molecule has 112 valence electrons. The molecule has 2 rings (SSSR count). The Balaban J connectivity index is 2.15. The van der Waals surface area contributed by atoms with Crippen LogP contribution in [0.4, 0.5) is 4.39 Å². The lowest BCUT2D eigenvalue weighted by molar-refractivity contribution is -0.132. The quantitative estimate of drug-likeness (QED) is 0.862. The summed E-state index contributed by atoms with van der Waals surface area (Å²) in [6.45, 7) is 0.445. The summed E-state index contributed by atoms with van der Waals surface area (Å²) in [7, 11) is 0. The largest absolute Gasteiger partial charge is 0.326 e. The molecule has 2 aromatic carbocycles. The maximum Gasteiger partial charge on any atom is 0.245 e. The second-order valence-electron chi connectivity index (χ2n) is 4.91. The van der Waals surface area contributed by atoms with Crippen LogP contribution in [0.25, 0.3) is 0 Å². The van der Waals surface area contributed by atoms with Crippen molar-refractivity contribution in [3.63, 3.8) is 0 Å². The number of rotatable bonds is 5. The van der Waals surface area contributed by atoms with Gasteiger partial charge in [0.15, 0.2) is 0 Å². The van der Waals surface area contributed by atoms with Crippen molar-refractivity contribution in [1.29, 1.82) is 0 Å². The lowest BCUT2D eigenvalue weighted by Gasteiger charge is -2.24. The van der Waals surface area contributed by atoms with Gasteiger partial charge < -0.3 is 10.6 Å². The molecule has 0 aliphatic rings. The van der Waals surface area contributed by atoms with Crippen molar-refractivity contribution in [1.82, 2.24) is 4.90 Å². The maximum atomic E-state index is 12.9. The van der Waals surface area contributed by atoms with E-state index >= 15 is 0 Å². The number of carbonyl (C=O) groups is 1. The summed E-state index contributed by atoms with van der Waals surface area (Å²) >= 11 is 0. The highest BCUT2D eigenvalue weighted by molar-refractivity contribution is 5.83. The molecule has 0 radical (unpaired) electrons. The van der Waals surface area contributed by atoms with E-state index in [0.29, 0.717) is 6.54 Å². The Morgan fingerprint density at radius 1 is 1.18 bits per heavy atom. The van der Waals surface area contributed by atoms with Crippen LogP contribution in [0.3, 0.4) is 0 Å². The minimum absolute atomic E-state index is 0.150. The Bertz CT molecular complexity index is 662. The van der Waals surface area contributed by atoms with Gasteiger partial charge in [-0.2, -0.15) is 0 Å². The van der Waals surface area contributed by atoms with Crippen molar-refractivity contribution >= 4 is 5.91 Å². The van der Waals surface area contributed by atoms with Crippen LogP contribution >= 0.6 is 0 Å². The van der Waals surface area contributed by atoms with Crippen LogP contribution in [0.2, 0.25) is 0 Å². The molecule has 22 heavy (non-hydrogen) atoms. The topological polar surface area (TPSA) is 46.3 Å². The third kappa shape index (κ3) is 3.94. The predicted octanol–water partition coefficient (Wildman–Crippen LogP) is 2.49. The molecule has 0 saturated heterocycles. The number of benzene rings is 2. The Hall–Kier alpha value is -2.64. The number of terminal acetylenes is 1. The van der Waals surface area contributed by atoms with E-state index in [-0.39, 0.29) is 18.3 Å². The van der Waals surface area contributed by atoms with E-state index in [2.05, 4.69) is 5.92 Å². The van der Waals surface area contributed by atoms with Gasteiger partial charge in [-0.25, -0.2) is 4.39 Å². The number of hydrogen-bond donors (Lipinski definition) is 1. The fourth-order valence-electron chi connectivity index (χ4n) is 2.13. The van der Waals surface area contributed by atoms with Crippen molar-refractivity contribution in [2.24, 2.45) is 5.73 Å². The minimum atomic E-state index is -0.769. The first kappa shape index (κ1) is 15.7.